The molecule has 122 valence electrons. The van der Waals surface area contributed by atoms with Gasteiger partial charge in [-0.1, -0.05) is 0 Å². The van der Waals surface area contributed by atoms with Crippen molar-refractivity contribution in [1.29, 1.82) is 0 Å². The Morgan fingerprint density at radius 1 is 1.00 bits per heavy atom. The number of sulfonamides is 1. The first-order chi connectivity index (χ1) is 11.1. The van der Waals surface area contributed by atoms with Crippen molar-refractivity contribution in [1.82, 2.24) is 0 Å². The maximum absolute atomic E-state index is 12.5. The van der Waals surface area contributed by atoms with Crippen molar-refractivity contribution in [2.75, 3.05) is 25.0 Å². The molecule has 1 N–H and O–H groups in total. The van der Waals surface area contributed by atoms with E-state index in [-0.39, 0.29) is 4.90 Å². The van der Waals surface area contributed by atoms with Crippen LogP contribution in [0.3, 0.4) is 0 Å². The molecule has 6 nitrogen and oxygen atoms in total. The highest BCUT2D eigenvalue weighted by Crippen LogP contribution is 2.32. The molecule has 1 aliphatic heterocycles. The van der Waals surface area contributed by atoms with Gasteiger partial charge in [0.2, 0.25) is 0 Å². The minimum absolute atomic E-state index is 0.123. The third kappa shape index (κ3) is 3.50. The van der Waals surface area contributed by atoms with Crippen molar-refractivity contribution < 1.29 is 22.6 Å². The molecule has 0 spiro atoms. The molecule has 0 aromatic heterocycles. The summed E-state index contributed by atoms with van der Waals surface area (Å²) in [6.45, 7) is 1.06. The summed E-state index contributed by atoms with van der Waals surface area (Å²) in [7, 11) is -2.15. The van der Waals surface area contributed by atoms with Gasteiger partial charge in [0.1, 0.15) is 5.75 Å². The fraction of sp³-hybridized carbons (Fsp3) is 0.250. The molecule has 1 heterocycles. The van der Waals surface area contributed by atoms with E-state index in [2.05, 4.69) is 4.72 Å². The van der Waals surface area contributed by atoms with Crippen LogP contribution in [0.2, 0.25) is 0 Å². The number of ether oxygens (including phenoxy) is 3. The number of rotatable bonds is 4. The number of hydrogen-bond acceptors (Lipinski definition) is 5. The third-order valence-corrected chi connectivity index (χ3v) is 4.75. The number of fused-ring (bicyclic) bond motifs is 1. The lowest BCUT2D eigenvalue weighted by Gasteiger charge is -2.11. The van der Waals surface area contributed by atoms with Crippen LogP contribution in [-0.2, 0) is 10.0 Å². The second kappa shape index (κ2) is 6.37. The molecule has 0 aliphatic carbocycles. The zero-order valence-electron chi connectivity index (χ0n) is 12.6. The second-order valence-corrected chi connectivity index (χ2v) is 6.68. The highest BCUT2D eigenvalue weighted by Gasteiger charge is 2.19. The van der Waals surface area contributed by atoms with Crippen LogP contribution in [0.5, 0.6) is 17.2 Å². The van der Waals surface area contributed by atoms with Gasteiger partial charge in [-0.05, 0) is 36.4 Å². The van der Waals surface area contributed by atoms with Crippen molar-refractivity contribution in [3.8, 4) is 17.2 Å². The quantitative estimate of drug-likeness (QED) is 0.930. The average Bonchev–Trinajstić information content (AvgIpc) is 2.80. The van der Waals surface area contributed by atoms with Gasteiger partial charge in [-0.2, -0.15) is 0 Å². The molecule has 0 amide bonds. The first kappa shape index (κ1) is 15.5. The Hall–Kier alpha value is -2.41. The predicted octanol–water partition coefficient (Wildman–Crippen LogP) is 2.66. The molecule has 0 fully saturated rings. The minimum atomic E-state index is -3.70. The average molecular weight is 335 g/mol. The number of methoxy groups -OCH3 is 1. The van der Waals surface area contributed by atoms with Gasteiger partial charge in [0, 0.05) is 18.2 Å². The van der Waals surface area contributed by atoms with Gasteiger partial charge in [0.05, 0.1) is 25.2 Å². The molecule has 2 aromatic rings. The Morgan fingerprint density at radius 2 is 1.70 bits per heavy atom. The SMILES string of the molecule is COc1ccc(NS(=O)(=O)c2ccc3c(c2)OCCCO3)cc1. The van der Waals surface area contributed by atoms with E-state index in [0.717, 1.165) is 6.42 Å². The van der Waals surface area contributed by atoms with Gasteiger partial charge < -0.3 is 14.2 Å². The Labute approximate surface area is 135 Å². The van der Waals surface area contributed by atoms with E-state index in [1.807, 2.05) is 0 Å². The van der Waals surface area contributed by atoms with E-state index >= 15 is 0 Å². The summed E-state index contributed by atoms with van der Waals surface area (Å²) in [6, 6.07) is 11.2. The lowest BCUT2D eigenvalue weighted by atomic mass is 10.3. The van der Waals surface area contributed by atoms with Crippen LogP contribution in [0.25, 0.3) is 0 Å². The smallest absolute Gasteiger partial charge is 0.262 e. The molecule has 1 aliphatic rings. The summed E-state index contributed by atoms with van der Waals surface area (Å²) in [6.07, 6.45) is 0.765. The van der Waals surface area contributed by atoms with Crippen molar-refractivity contribution in [3.63, 3.8) is 0 Å². The fourth-order valence-corrected chi connectivity index (χ4v) is 3.26. The summed E-state index contributed by atoms with van der Waals surface area (Å²) < 4.78 is 43.6. The topological polar surface area (TPSA) is 73.9 Å². The number of nitrogens with one attached hydrogen (secondary N) is 1. The molecule has 0 saturated carbocycles. The highest BCUT2D eigenvalue weighted by atomic mass is 32.2. The molecule has 7 heteroatoms. The monoisotopic (exact) mass is 335 g/mol. The first-order valence-corrected chi connectivity index (χ1v) is 8.63. The summed E-state index contributed by atoms with van der Waals surface area (Å²) in [5, 5.41) is 0. The number of hydrogen-bond donors (Lipinski definition) is 1. The van der Waals surface area contributed by atoms with E-state index in [1.165, 1.54) is 12.1 Å². The van der Waals surface area contributed by atoms with Crippen LogP contribution < -0.4 is 18.9 Å². The Bertz CT molecular complexity index is 787. The fourth-order valence-electron chi connectivity index (χ4n) is 2.18. The predicted molar refractivity (Wildman–Crippen MR) is 85.9 cm³/mol. The molecule has 0 unspecified atom stereocenters. The van der Waals surface area contributed by atoms with E-state index in [1.54, 1.807) is 37.4 Å². The van der Waals surface area contributed by atoms with Crippen molar-refractivity contribution in [3.05, 3.63) is 42.5 Å². The molecule has 0 atom stereocenters. The molecule has 0 radical (unpaired) electrons. The molecule has 23 heavy (non-hydrogen) atoms. The first-order valence-electron chi connectivity index (χ1n) is 7.15. The standard InChI is InChI=1S/C16H17NO5S/c1-20-13-5-3-12(4-6-13)17-23(18,19)14-7-8-15-16(11-14)22-10-2-9-21-15/h3-8,11,17H,2,9-10H2,1H3. The molecule has 2 aromatic carbocycles. The maximum atomic E-state index is 12.5. The zero-order chi connectivity index (χ0) is 16.3. The van der Waals surface area contributed by atoms with Crippen LogP contribution in [0, 0.1) is 0 Å². The third-order valence-electron chi connectivity index (χ3n) is 3.37. The Balaban J connectivity index is 1.85. The van der Waals surface area contributed by atoms with E-state index < -0.39 is 10.0 Å². The minimum Gasteiger partial charge on any atom is -0.497 e. The van der Waals surface area contributed by atoms with Gasteiger partial charge in [-0.15, -0.1) is 0 Å². The number of benzene rings is 2. The Kier molecular flexibility index (Phi) is 4.29. The van der Waals surface area contributed by atoms with Crippen LogP contribution >= 0.6 is 0 Å². The van der Waals surface area contributed by atoms with Gasteiger partial charge in [-0.3, -0.25) is 4.72 Å². The normalized spacial score (nSPS) is 14.0. The Morgan fingerprint density at radius 3 is 2.39 bits per heavy atom. The van der Waals surface area contributed by atoms with Gasteiger partial charge in [0.25, 0.3) is 10.0 Å². The molecule has 3 rings (SSSR count). The second-order valence-electron chi connectivity index (χ2n) is 4.99. The van der Waals surface area contributed by atoms with Gasteiger partial charge in [-0.25, -0.2) is 8.42 Å². The largest absolute Gasteiger partial charge is 0.497 e. The van der Waals surface area contributed by atoms with Crippen molar-refractivity contribution >= 4 is 15.7 Å². The summed E-state index contributed by atoms with van der Waals surface area (Å²) >= 11 is 0. The summed E-state index contributed by atoms with van der Waals surface area (Å²) in [5.74, 6) is 1.66. The molecule has 0 saturated heterocycles. The van der Waals surface area contributed by atoms with Gasteiger partial charge in [0.15, 0.2) is 11.5 Å². The number of anilines is 1. The van der Waals surface area contributed by atoms with Crippen LogP contribution in [0.4, 0.5) is 5.69 Å². The maximum Gasteiger partial charge on any atom is 0.262 e. The van der Waals surface area contributed by atoms with Crippen molar-refractivity contribution in [2.45, 2.75) is 11.3 Å². The van der Waals surface area contributed by atoms with Crippen LogP contribution in [-0.4, -0.2) is 28.7 Å². The van der Waals surface area contributed by atoms with Gasteiger partial charge >= 0.3 is 0 Å². The highest BCUT2D eigenvalue weighted by molar-refractivity contribution is 7.92. The van der Waals surface area contributed by atoms with E-state index in [0.29, 0.717) is 36.1 Å². The zero-order valence-corrected chi connectivity index (χ0v) is 13.4. The van der Waals surface area contributed by atoms with Crippen molar-refractivity contribution in [2.24, 2.45) is 0 Å². The molecule has 0 bridgehead atoms. The summed E-state index contributed by atoms with van der Waals surface area (Å²) in [5.41, 5.74) is 0.456. The lowest BCUT2D eigenvalue weighted by molar-refractivity contribution is 0.297. The lowest BCUT2D eigenvalue weighted by Crippen LogP contribution is -2.13. The van der Waals surface area contributed by atoms with E-state index in [9.17, 15) is 8.42 Å². The summed E-state index contributed by atoms with van der Waals surface area (Å²) in [4.78, 5) is 0.123. The van der Waals surface area contributed by atoms with Crippen LogP contribution in [0.15, 0.2) is 47.4 Å². The molecular weight excluding hydrogens is 318 g/mol. The molecular formula is C16H17NO5S. The van der Waals surface area contributed by atoms with E-state index in [4.69, 9.17) is 14.2 Å². The van der Waals surface area contributed by atoms with Crippen LogP contribution in [0.1, 0.15) is 6.42 Å².